The van der Waals surface area contributed by atoms with Crippen molar-refractivity contribution < 1.29 is 0 Å². The largest absolute Gasteiger partial charge is 0.366 e. The molecule has 2 saturated heterocycles. The number of para-hydroxylation sites is 1. The summed E-state index contributed by atoms with van der Waals surface area (Å²) in [4.78, 5) is 2.70. The topological polar surface area (TPSA) is 15.3 Å². The molecule has 2 unspecified atom stereocenters. The molecule has 0 saturated carbocycles. The first-order valence-electron chi connectivity index (χ1n) is 7.36. The summed E-state index contributed by atoms with van der Waals surface area (Å²) in [5, 5.41) is 3.29. The Kier molecular flexibility index (Phi) is 3.55. The molecule has 1 aromatic carbocycles. The molecule has 0 aromatic heterocycles. The van der Waals surface area contributed by atoms with E-state index in [0.29, 0.717) is 0 Å². The summed E-state index contributed by atoms with van der Waals surface area (Å²) in [6, 6.07) is 12.6. The van der Waals surface area contributed by atoms with Crippen LogP contribution in [-0.4, -0.2) is 25.7 Å². The Labute approximate surface area is 110 Å². The van der Waals surface area contributed by atoms with Gasteiger partial charge in [0.25, 0.3) is 0 Å². The summed E-state index contributed by atoms with van der Waals surface area (Å²) in [6.45, 7) is 1.18. The van der Waals surface area contributed by atoms with Crippen LogP contribution in [0.1, 0.15) is 32.1 Å². The van der Waals surface area contributed by atoms with Crippen LogP contribution in [0.25, 0.3) is 0 Å². The van der Waals surface area contributed by atoms with Gasteiger partial charge < -0.3 is 10.2 Å². The number of nitrogens with one attached hydrogen (secondary N) is 1. The second-order valence-electron chi connectivity index (χ2n) is 5.86. The molecule has 1 aromatic rings. The summed E-state index contributed by atoms with van der Waals surface area (Å²) in [5.74, 6) is 0.940. The van der Waals surface area contributed by atoms with Crippen LogP contribution < -0.4 is 10.2 Å². The predicted octanol–water partition coefficient (Wildman–Crippen LogP) is 3.04. The lowest BCUT2D eigenvalue weighted by atomic mass is 9.88. The number of fused-ring (bicyclic) bond motifs is 2. The Hall–Kier alpha value is -1.02. The van der Waals surface area contributed by atoms with E-state index in [9.17, 15) is 0 Å². The van der Waals surface area contributed by atoms with Crippen molar-refractivity contribution >= 4 is 5.69 Å². The maximum absolute atomic E-state index is 3.29. The van der Waals surface area contributed by atoms with Crippen LogP contribution in [0.5, 0.6) is 0 Å². The van der Waals surface area contributed by atoms with Gasteiger partial charge in [-0.05, 0) is 63.7 Å². The minimum absolute atomic E-state index is 0.799. The van der Waals surface area contributed by atoms with Crippen molar-refractivity contribution in [2.75, 3.05) is 18.5 Å². The Morgan fingerprint density at radius 1 is 1.11 bits per heavy atom. The minimum atomic E-state index is 0.799. The first kappa shape index (κ1) is 12.0. The van der Waals surface area contributed by atoms with E-state index in [1.54, 1.807) is 0 Å². The van der Waals surface area contributed by atoms with E-state index >= 15 is 0 Å². The van der Waals surface area contributed by atoms with Crippen LogP contribution >= 0.6 is 0 Å². The second-order valence-corrected chi connectivity index (χ2v) is 5.86. The van der Waals surface area contributed by atoms with Gasteiger partial charge in [0, 0.05) is 17.8 Å². The van der Waals surface area contributed by atoms with Crippen LogP contribution in [0.15, 0.2) is 30.3 Å². The zero-order valence-corrected chi connectivity index (χ0v) is 11.3. The lowest BCUT2D eigenvalue weighted by Crippen LogP contribution is -2.43. The molecule has 3 rings (SSSR count). The SMILES string of the molecule is CNCCC1CC2CCC(C1)N2c1ccccc1. The molecule has 2 aliphatic rings. The molecule has 0 radical (unpaired) electrons. The molecule has 0 spiro atoms. The monoisotopic (exact) mass is 244 g/mol. The van der Waals surface area contributed by atoms with E-state index in [4.69, 9.17) is 0 Å². The maximum Gasteiger partial charge on any atom is 0.0371 e. The van der Waals surface area contributed by atoms with Crippen molar-refractivity contribution in [3.63, 3.8) is 0 Å². The number of rotatable bonds is 4. The van der Waals surface area contributed by atoms with Crippen LogP contribution in [0, 0.1) is 5.92 Å². The Morgan fingerprint density at radius 2 is 1.78 bits per heavy atom. The zero-order valence-electron chi connectivity index (χ0n) is 11.3. The Balaban J connectivity index is 1.70. The van der Waals surface area contributed by atoms with Crippen molar-refractivity contribution in [3.8, 4) is 0 Å². The van der Waals surface area contributed by atoms with Crippen LogP contribution in [0.2, 0.25) is 0 Å². The fourth-order valence-corrected chi connectivity index (χ4v) is 3.90. The van der Waals surface area contributed by atoms with Crippen molar-refractivity contribution in [2.24, 2.45) is 5.92 Å². The molecular formula is C16H24N2. The van der Waals surface area contributed by atoms with Gasteiger partial charge in [0.2, 0.25) is 0 Å². The van der Waals surface area contributed by atoms with Gasteiger partial charge in [-0.1, -0.05) is 18.2 Å². The first-order chi connectivity index (χ1) is 8.88. The van der Waals surface area contributed by atoms with E-state index in [2.05, 4.69) is 47.6 Å². The van der Waals surface area contributed by atoms with Gasteiger partial charge in [0.15, 0.2) is 0 Å². The molecule has 0 amide bonds. The quantitative estimate of drug-likeness (QED) is 0.875. The molecule has 2 bridgehead atoms. The fraction of sp³-hybridized carbons (Fsp3) is 0.625. The average molecular weight is 244 g/mol. The molecule has 18 heavy (non-hydrogen) atoms. The summed E-state index contributed by atoms with van der Waals surface area (Å²) in [5.41, 5.74) is 1.44. The Morgan fingerprint density at radius 3 is 2.39 bits per heavy atom. The minimum Gasteiger partial charge on any atom is -0.366 e. The van der Waals surface area contributed by atoms with Gasteiger partial charge in [-0.3, -0.25) is 0 Å². The van der Waals surface area contributed by atoms with Crippen molar-refractivity contribution in [2.45, 2.75) is 44.2 Å². The van der Waals surface area contributed by atoms with Crippen LogP contribution in [-0.2, 0) is 0 Å². The summed E-state index contributed by atoms with van der Waals surface area (Å²) in [6.07, 6.45) is 6.94. The highest BCUT2D eigenvalue weighted by Gasteiger charge is 2.40. The normalized spacial score (nSPS) is 30.7. The summed E-state index contributed by atoms with van der Waals surface area (Å²) >= 11 is 0. The third-order valence-electron chi connectivity index (χ3n) is 4.69. The molecule has 2 heterocycles. The van der Waals surface area contributed by atoms with E-state index in [-0.39, 0.29) is 0 Å². The number of piperidine rings is 1. The third-order valence-corrected chi connectivity index (χ3v) is 4.69. The highest BCUT2D eigenvalue weighted by atomic mass is 15.2. The number of nitrogens with zero attached hydrogens (tertiary/aromatic N) is 1. The molecule has 2 atom stereocenters. The maximum atomic E-state index is 3.29. The van der Waals surface area contributed by atoms with E-state index in [1.165, 1.54) is 44.3 Å². The first-order valence-corrected chi connectivity index (χ1v) is 7.36. The molecule has 0 aliphatic carbocycles. The van der Waals surface area contributed by atoms with Crippen molar-refractivity contribution in [1.29, 1.82) is 0 Å². The number of benzene rings is 1. The van der Waals surface area contributed by atoms with Gasteiger partial charge in [-0.25, -0.2) is 0 Å². The van der Waals surface area contributed by atoms with Crippen LogP contribution in [0.4, 0.5) is 5.69 Å². The van der Waals surface area contributed by atoms with E-state index in [0.717, 1.165) is 18.0 Å². The standard InChI is InChI=1S/C16H24N2/c1-17-10-9-13-11-15-7-8-16(12-13)18(15)14-5-3-2-4-6-14/h2-6,13,15-17H,7-12H2,1H3. The smallest absolute Gasteiger partial charge is 0.0371 e. The van der Waals surface area contributed by atoms with E-state index < -0.39 is 0 Å². The summed E-state index contributed by atoms with van der Waals surface area (Å²) < 4.78 is 0. The highest BCUT2D eigenvalue weighted by Crippen LogP contribution is 2.42. The number of hydrogen-bond acceptors (Lipinski definition) is 2. The van der Waals surface area contributed by atoms with Gasteiger partial charge in [0.05, 0.1) is 0 Å². The fourth-order valence-electron chi connectivity index (χ4n) is 3.90. The second kappa shape index (κ2) is 5.31. The molecule has 2 nitrogen and oxygen atoms in total. The van der Waals surface area contributed by atoms with Gasteiger partial charge in [-0.2, -0.15) is 0 Å². The molecule has 2 aliphatic heterocycles. The molecule has 2 fully saturated rings. The number of anilines is 1. The van der Waals surface area contributed by atoms with Gasteiger partial charge >= 0.3 is 0 Å². The van der Waals surface area contributed by atoms with Gasteiger partial charge in [-0.15, -0.1) is 0 Å². The number of hydrogen-bond donors (Lipinski definition) is 1. The van der Waals surface area contributed by atoms with Crippen molar-refractivity contribution in [3.05, 3.63) is 30.3 Å². The molecule has 2 heteroatoms. The van der Waals surface area contributed by atoms with Gasteiger partial charge in [0.1, 0.15) is 0 Å². The average Bonchev–Trinajstić information content (AvgIpc) is 2.69. The lowest BCUT2D eigenvalue weighted by Gasteiger charge is -2.40. The molecular weight excluding hydrogens is 220 g/mol. The van der Waals surface area contributed by atoms with E-state index in [1.807, 2.05) is 0 Å². The zero-order chi connectivity index (χ0) is 12.4. The molecule has 98 valence electrons. The molecule has 1 N–H and O–H groups in total. The highest BCUT2D eigenvalue weighted by molar-refractivity contribution is 5.50. The van der Waals surface area contributed by atoms with Crippen LogP contribution in [0.3, 0.4) is 0 Å². The summed E-state index contributed by atoms with van der Waals surface area (Å²) in [7, 11) is 2.06. The Bertz CT molecular complexity index is 362. The lowest BCUT2D eigenvalue weighted by molar-refractivity contribution is 0.321. The van der Waals surface area contributed by atoms with Crippen molar-refractivity contribution in [1.82, 2.24) is 5.32 Å². The third kappa shape index (κ3) is 2.26. The predicted molar refractivity (Wildman–Crippen MR) is 77.0 cm³/mol.